The van der Waals surface area contributed by atoms with Crippen molar-refractivity contribution in [1.82, 2.24) is 20.1 Å². The number of phenolic OH excluding ortho intramolecular Hbond substituents is 1. The van der Waals surface area contributed by atoms with Crippen molar-refractivity contribution in [3.63, 3.8) is 0 Å². The van der Waals surface area contributed by atoms with Crippen molar-refractivity contribution in [2.75, 3.05) is 19.7 Å². The maximum atomic E-state index is 9.80. The molecule has 1 aliphatic heterocycles. The topological polar surface area (TPSA) is 71.4 Å². The van der Waals surface area contributed by atoms with Crippen molar-refractivity contribution in [1.29, 1.82) is 0 Å². The predicted molar refractivity (Wildman–Crippen MR) is 147 cm³/mol. The number of halogens is 3. The monoisotopic (exact) mass is 554 g/mol. The van der Waals surface area contributed by atoms with Crippen LogP contribution in [0.25, 0.3) is 11.3 Å². The van der Waals surface area contributed by atoms with Gasteiger partial charge in [0.25, 0.3) is 0 Å². The first-order valence-electron chi connectivity index (χ1n) is 12.0. The molecule has 0 atom stereocenters. The third-order valence-corrected chi connectivity index (χ3v) is 7.64. The lowest BCUT2D eigenvalue weighted by molar-refractivity contribution is 0.105. The molecule has 0 saturated carbocycles. The minimum atomic E-state index is -0.151. The quantitative estimate of drug-likeness (QED) is 0.252. The summed E-state index contributed by atoms with van der Waals surface area (Å²) in [6.45, 7) is 3.22. The molecule has 1 fully saturated rings. The highest BCUT2D eigenvalue weighted by molar-refractivity contribution is 6.37. The minimum Gasteiger partial charge on any atom is -0.505 e. The van der Waals surface area contributed by atoms with E-state index in [0.29, 0.717) is 28.9 Å². The Morgan fingerprint density at radius 1 is 0.892 bits per heavy atom. The average Bonchev–Trinajstić information content (AvgIpc) is 2.93. The maximum absolute atomic E-state index is 9.80. The third kappa shape index (κ3) is 5.99. The van der Waals surface area contributed by atoms with Crippen LogP contribution >= 0.6 is 34.8 Å². The first-order valence-corrected chi connectivity index (χ1v) is 13.1. The van der Waals surface area contributed by atoms with Gasteiger partial charge in [0.15, 0.2) is 5.75 Å². The lowest BCUT2D eigenvalue weighted by atomic mass is 9.73. The highest BCUT2D eigenvalue weighted by Gasteiger charge is 2.37. The lowest BCUT2D eigenvalue weighted by Crippen LogP contribution is -2.45. The molecule has 190 valence electrons. The van der Waals surface area contributed by atoms with Gasteiger partial charge in [0.1, 0.15) is 5.15 Å². The van der Waals surface area contributed by atoms with Crippen LogP contribution in [-0.2, 0) is 12.0 Å². The SMILES string of the molecule is Oc1c(Cl)cc(-c2ccc(OCC3(c4ccccc4)CCN(Cc4ccc(Cl)nc4)CC3)nn2)cc1Cl. The van der Waals surface area contributed by atoms with E-state index in [1.807, 2.05) is 24.4 Å². The Labute approximate surface area is 230 Å². The van der Waals surface area contributed by atoms with E-state index in [9.17, 15) is 5.11 Å². The number of pyridine rings is 1. The summed E-state index contributed by atoms with van der Waals surface area (Å²) in [4.78, 5) is 6.64. The first-order chi connectivity index (χ1) is 17.9. The molecular weight excluding hydrogens is 531 g/mol. The van der Waals surface area contributed by atoms with E-state index in [-0.39, 0.29) is 21.2 Å². The molecule has 2 aromatic carbocycles. The normalized spacial score (nSPS) is 15.4. The average molecular weight is 556 g/mol. The number of ether oxygens (including phenoxy) is 1. The molecule has 9 heteroatoms. The third-order valence-electron chi connectivity index (χ3n) is 6.84. The van der Waals surface area contributed by atoms with Crippen molar-refractivity contribution in [3.05, 3.63) is 99.3 Å². The standard InChI is InChI=1S/C28H25Cl3N4O2/c29-22-14-20(15-23(30)27(22)36)24-7-9-26(34-33-24)37-18-28(21-4-2-1-3-5-21)10-12-35(13-11-28)17-19-6-8-25(31)32-16-19/h1-9,14-16,36H,10-13,17-18H2. The van der Waals surface area contributed by atoms with Gasteiger partial charge in [0.2, 0.25) is 5.88 Å². The van der Waals surface area contributed by atoms with E-state index in [0.717, 1.165) is 38.0 Å². The van der Waals surface area contributed by atoms with E-state index >= 15 is 0 Å². The van der Waals surface area contributed by atoms with Gasteiger partial charge in [-0.2, -0.15) is 0 Å². The number of likely N-dealkylation sites (tertiary alicyclic amines) is 1. The molecule has 0 amide bonds. The highest BCUT2D eigenvalue weighted by atomic mass is 35.5. The van der Waals surface area contributed by atoms with Crippen LogP contribution in [0.4, 0.5) is 0 Å². The zero-order valence-electron chi connectivity index (χ0n) is 19.9. The molecule has 0 radical (unpaired) electrons. The number of phenols is 1. The molecule has 1 aliphatic rings. The fourth-order valence-corrected chi connectivity index (χ4v) is 5.28. The molecule has 6 nitrogen and oxygen atoms in total. The molecule has 0 aliphatic carbocycles. The van der Waals surface area contributed by atoms with Gasteiger partial charge >= 0.3 is 0 Å². The summed E-state index contributed by atoms with van der Waals surface area (Å²) in [5.41, 5.74) is 3.53. The van der Waals surface area contributed by atoms with Crippen LogP contribution in [0.5, 0.6) is 11.6 Å². The number of rotatable bonds is 7. The minimum absolute atomic E-state index is 0.131. The summed E-state index contributed by atoms with van der Waals surface area (Å²) in [7, 11) is 0. The molecular formula is C28H25Cl3N4O2. The van der Waals surface area contributed by atoms with Gasteiger partial charge in [-0.05, 0) is 61.3 Å². The van der Waals surface area contributed by atoms with Crippen LogP contribution in [0.2, 0.25) is 15.2 Å². The van der Waals surface area contributed by atoms with Gasteiger partial charge in [0.05, 0.1) is 22.3 Å². The summed E-state index contributed by atoms with van der Waals surface area (Å²) in [6.07, 6.45) is 3.75. The predicted octanol–water partition coefficient (Wildman–Crippen LogP) is 6.82. The zero-order chi connectivity index (χ0) is 25.8. The molecule has 3 heterocycles. The Morgan fingerprint density at radius 2 is 1.62 bits per heavy atom. The Balaban J connectivity index is 1.28. The lowest BCUT2D eigenvalue weighted by Gasteiger charge is -2.42. The number of hydrogen-bond donors (Lipinski definition) is 1. The molecule has 1 N–H and O–H groups in total. The molecule has 0 unspecified atom stereocenters. The second kappa shape index (κ2) is 11.2. The Morgan fingerprint density at radius 3 is 2.24 bits per heavy atom. The molecule has 2 aromatic heterocycles. The van der Waals surface area contributed by atoms with Crippen LogP contribution in [0, 0.1) is 0 Å². The number of aromatic nitrogens is 3. The summed E-state index contributed by atoms with van der Waals surface area (Å²) in [5, 5.41) is 19.2. The van der Waals surface area contributed by atoms with Crippen molar-refractivity contribution in [3.8, 4) is 22.9 Å². The molecule has 1 saturated heterocycles. The van der Waals surface area contributed by atoms with Crippen molar-refractivity contribution in [2.45, 2.75) is 24.8 Å². The van der Waals surface area contributed by atoms with Crippen LogP contribution in [0.3, 0.4) is 0 Å². The summed E-state index contributed by atoms with van der Waals surface area (Å²) >= 11 is 18.0. The largest absolute Gasteiger partial charge is 0.505 e. The van der Waals surface area contributed by atoms with Crippen LogP contribution in [-0.4, -0.2) is 44.9 Å². The van der Waals surface area contributed by atoms with Gasteiger partial charge in [-0.1, -0.05) is 71.2 Å². The maximum Gasteiger partial charge on any atom is 0.233 e. The van der Waals surface area contributed by atoms with Crippen LogP contribution < -0.4 is 4.74 Å². The van der Waals surface area contributed by atoms with E-state index in [1.54, 1.807) is 24.3 Å². The second-order valence-electron chi connectivity index (χ2n) is 9.25. The first kappa shape index (κ1) is 25.7. The second-order valence-corrected chi connectivity index (χ2v) is 10.4. The van der Waals surface area contributed by atoms with E-state index < -0.39 is 0 Å². The fourth-order valence-electron chi connectivity index (χ4n) is 4.68. The van der Waals surface area contributed by atoms with Gasteiger partial charge in [-0.25, -0.2) is 4.98 Å². The number of benzene rings is 2. The van der Waals surface area contributed by atoms with Gasteiger partial charge in [-0.15, -0.1) is 10.2 Å². The molecule has 0 bridgehead atoms. The summed E-state index contributed by atoms with van der Waals surface area (Å²) < 4.78 is 6.22. The molecule has 37 heavy (non-hydrogen) atoms. The van der Waals surface area contributed by atoms with Gasteiger partial charge in [0, 0.05) is 29.8 Å². The summed E-state index contributed by atoms with van der Waals surface area (Å²) in [6, 6.07) is 21.2. The van der Waals surface area contributed by atoms with Gasteiger partial charge in [-0.3, -0.25) is 4.90 Å². The number of aromatic hydroxyl groups is 1. The van der Waals surface area contributed by atoms with Crippen LogP contribution in [0.15, 0.2) is 72.9 Å². The van der Waals surface area contributed by atoms with E-state index in [4.69, 9.17) is 39.5 Å². The Bertz CT molecular complexity index is 1320. The summed E-state index contributed by atoms with van der Waals surface area (Å²) in [5.74, 6) is 0.298. The van der Waals surface area contributed by atoms with Crippen molar-refractivity contribution in [2.24, 2.45) is 0 Å². The molecule has 4 aromatic rings. The van der Waals surface area contributed by atoms with E-state index in [2.05, 4.69) is 44.3 Å². The molecule has 0 spiro atoms. The number of hydrogen-bond acceptors (Lipinski definition) is 6. The van der Waals surface area contributed by atoms with Crippen molar-refractivity contribution < 1.29 is 9.84 Å². The highest BCUT2D eigenvalue weighted by Crippen LogP contribution is 2.38. The fraction of sp³-hybridized carbons (Fsp3) is 0.250. The Hall–Kier alpha value is -2.90. The number of nitrogens with zero attached hydrogens (tertiary/aromatic N) is 4. The smallest absolute Gasteiger partial charge is 0.233 e. The van der Waals surface area contributed by atoms with Crippen molar-refractivity contribution >= 4 is 34.8 Å². The Kier molecular flexibility index (Phi) is 7.81. The zero-order valence-corrected chi connectivity index (χ0v) is 22.2. The number of piperidine rings is 1. The van der Waals surface area contributed by atoms with Gasteiger partial charge < -0.3 is 9.84 Å². The van der Waals surface area contributed by atoms with E-state index in [1.165, 1.54) is 5.56 Å². The van der Waals surface area contributed by atoms with Crippen LogP contribution in [0.1, 0.15) is 24.0 Å². The molecule has 5 rings (SSSR count).